The van der Waals surface area contributed by atoms with Crippen molar-refractivity contribution >= 4 is 23.8 Å². The number of aromatic nitrogens is 1. The van der Waals surface area contributed by atoms with E-state index >= 15 is 0 Å². The molecule has 5 heteroatoms. The first-order chi connectivity index (χ1) is 8.79. The fraction of sp³-hybridized carbons (Fsp3) is 0. The lowest BCUT2D eigenvalue weighted by molar-refractivity contribution is -0.105. The van der Waals surface area contributed by atoms with Crippen molar-refractivity contribution in [1.82, 2.24) is 4.98 Å². The minimum atomic E-state index is -0.244. The molecule has 2 amide bonds. The molecular formula is C13H11N3O2. The van der Waals surface area contributed by atoms with Crippen LogP contribution in [0.2, 0.25) is 0 Å². The van der Waals surface area contributed by atoms with Crippen LogP contribution in [0.1, 0.15) is 10.4 Å². The van der Waals surface area contributed by atoms with Gasteiger partial charge in [-0.1, -0.05) is 6.07 Å². The Labute approximate surface area is 104 Å². The van der Waals surface area contributed by atoms with Gasteiger partial charge in [-0.2, -0.15) is 0 Å². The van der Waals surface area contributed by atoms with E-state index in [0.717, 1.165) is 0 Å². The van der Waals surface area contributed by atoms with Gasteiger partial charge in [0.25, 0.3) is 5.91 Å². The minimum Gasteiger partial charge on any atom is -0.329 e. The van der Waals surface area contributed by atoms with Crippen molar-refractivity contribution in [2.45, 2.75) is 0 Å². The Balaban J connectivity index is 2.07. The average Bonchev–Trinajstić information content (AvgIpc) is 2.41. The summed E-state index contributed by atoms with van der Waals surface area (Å²) in [6, 6.07) is 11.8. The molecule has 0 radical (unpaired) electrons. The quantitative estimate of drug-likeness (QED) is 0.803. The molecule has 2 N–H and O–H groups in total. The van der Waals surface area contributed by atoms with Gasteiger partial charge in [-0.25, -0.2) is 4.98 Å². The maximum absolute atomic E-state index is 11.8. The van der Waals surface area contributed by atoms with E-state index in [4.69, 9.17) is 0 Å². The van der Waals surface area contributed by atoms with Crippen LogP contribution < -0.4 is 10.6 Å². The zero-order valence-corrected chi connectivity index (χ0v) is 9.46. The van der Waals surface area contributed by atoms with E-state index < -0.39 is 0 Å². The fourth-order valence-electron chi connectivity index (χ4n) is 1.41. The summed E-state index contributed by atoms with van der Waals surface area (Å²) in [5.74, 6) is 0.254. The first kappa shape index (κ1) is 11.8. The average molecular weight is 241 g/mol. The Morgan fingerprint density at radius 3 is 2.50 bits per heavy atom. The molecule has 0 bridgehead atoms. The number of pyridine rings is 1. The van der Waals surface area contributed by atoms with E-state index in [0.29, 0.717) is 23.5 Å². The maximum atomic E-state index is 11.8. The van der Waals surface area contributed by atoms with Crippen LogP contribution in [0.4, 0.5) is 11.5 Å². The van der Waals surface area contributed by atoms with Gasteiger partial charge in [-0.3, -0.25) is 9.59 Å². The number of nitrogens with zero attached hydrogens (tertiary/aromatic N) is 1. The second kappa shape index (κ2) is 5.58. The molecule has 2 rings (SSSR count). The molecule has 1 aromatic heterocycles. The first-order valence-electron chi connectivity index (χ1n) is 5.32. The van der Waals surface area contributed by atoms with Crippen molar-refractivity contribution in [3.8, 4) is 0 Å². The monoisotopic (exact) mass is 241 g/mol. The van der Waals surface area contributed by atoms with Gasteiger partial charge in [-0.15, -0.1) is 0 Å². The summed E-state index contributed by atoms with van der Waals surface area (Å²) in [5, 5.41) is 5.17. The highest BCUT2D eigenvalue weighted by Crippen LogP contribution is 2.10. The summed E-state index contributed by atoms with van der Waals surface area (Å²) in [6.07, 6.45) is 2.19. The smallest absolute Gasteiger partial charge is 0.256 e. The van der Waals surface area contributed by atoms with E-state index in [1.165, 1.54) is 0 Å². The number of carbonyl (C=O) groups excluding carboxylic acids is 2. The van der Waals surface area contributed by atoms with Crippen molar-refractivity contribution in [3.05, 3.63) is 54.2 Å². The Morgan fingerprint density at radius 2 is 1.89 bits per heavy atom. The summed E-state index contributed by atoms with van der Waals surface area (Å²) in [7, 11) is 0. The predicted molar refractivity (Wildman–Crippen MR) is 68.3 cm³/mol. The Hall–Kier alpha value is -2.69. The number of rotatable bonds is 4. The summed E-state index contributed by atoms with van der Waals surface area (Å²) in [6.45, 7) is 0. The number of amides is 2. The van der Waals surface area contributed by atoms with Crippen molar-refractivity contribution in [1.29, 1.82) is 0 Å². The Morgan fingerprint density at radius 1 is 1.11 bits per heavy atom. The zero-order chi connectivity index (χ0) is 12.8. The van der Waals surface area contributed by atoms with Gasteiger partial charge in [0.15, 0.2) is 0 Å². The van der Waals surface area contributed by atoms with Crippen molar-refractivity contribution < 1.29 is 9.59 Å². The topological polar surface area (TPSA) is 71.1 Å². The van der Waals surface area contributed by atoms with Gasteiger partial charge in [0.2, 0.25) is 6.41 Å². The highest BCUT2D eigenvalue weighted by molar-refractivity contribution is 6.04. The van der Waals surface area contributed by atoms with Crippen LogP contribution in [0.3, 0.4) is 0 Å². The lowest BCUT2D eigenvalue weighted by atomic mass is 10.2. The minimum absolute atomic E-state index is 0.244. The van der Waals surface area contributed by atoms with Crippen LogP contribution in [0.25, 0.3) is 0 Å². The molecular weight excluding hydrogens is 230 g/mol. The lowest BCUT2D eigenvalue weighted by Gasteiger charge is -2.04. The second-order valence-electron chi connectivity index (χ2n) is 3.51. The van der Waals surface area contributed by atoms with E-state index in [1.807, 2.05) is 0 Å². The SMILES string of the molecule is O=CNc1ccc(C(=O)Nc2ccccn2)cc1. The molecule has 0 aliphatic heterocycles. The summed E-state index contributed by atoms with van der Waals surface area (Å²) >= 11 is 0. The predicted octanol–water partition coefficient (Wildman–Crippen LogP) is 1.90. The molecule has 0 atom stereocenters. The van der Waals surface area contributed by atoms with Crippen LogP contribution in [0, 0.1) is 0 Å². The molecule has 0 saturated heterocycles. The van der Waals surface area contributed by atoms with Gasteiger partial charge in [-0.05, 0) is 36.4 Å². The number of hydrogen-bond acceptors (Lipinski definition) is 3. The first-order valence-corrected chi connectivity index (χ1v) is 5.32. The van der Waals surface area contributed by atoms with Gasteiger partial charge in [0.05, 0.1) is 0 Å². The molecule has 18 heavy (non-hydrogen) atoms. The van der Waals surface area contributed by atoms with Crippen molar-refractivity contribution in [2.75, 3.05) is 10.6 Å². The van der Waals surface area contributed by atoms with E-state index in [2.05, 4.69) is 15.6 Å². The molecule has 0 saturated carbocycles. The van der Waals surface area contributed by atoms with E-state index in [1.54, 1.807) is 48.7 Å². The molecule has 5 nitrogen and oxygen atoms in total. The molecule has 2 aromatic rings. The normalized spacial score (nSPS) is 9.56. The molecule has 0 fully saturated rings. The number of carbonyl (C=O) groups is 2. The van der Waals surface area contributed by atoms with Gasteiger partial charge in [0.1, 0.15) is 5.82 Å². The van der Waals surface area contributed by atoms with Crippen LogP contribution in [0.5, 0.6) is 0 Å². The van der Waals surface area contributed by atoms with Crippen molar-refractivity contribution in [2.24, 2.45) is 0 Å². The molecule has 0 aliphatic rings. The highest BCUT2D eigenvalue weighted by atomic mass is 16.1. The number of anilines is 2. The zero-order valence-electron chi connectivity index (χ0n) is 9.46. The van der Waals surface area contributed by atoms with Crippen LogP contribution >= 0.6 is 0 Å². The molecule has 0 aliphatic carbocycles. The third-order valence-electron chi connectivity index (χ3n) is 2.28. The Bertz CT molecular complexity index is 538. The van der Waals surface area contributed by atoms with Gasteiger partial charge in [0, 0.05) is 17.4 Å². The number of hydrogen-bond donors (Lipinski definition) is 2. The third-order valence-corrected chi connectivity index (χ3v) is 2.28. The van der Waals surface area contributed by atoms with Crippen LogP contribution in [-0.2, 0) is 4.79 Å². The molecule has 0 spiro atoms. The summed E-state index contributed by atoms with van der Waals surface area (Å²) in [4.78, 5) is 26.1. The van der Waals surface area contributed by atoms with E-state index in [-0.39, 0.29) is 5.91 Å². The van der Waals surface area contributed by atoms with Crippen molar-refractivity contribution in [3.63, 3.8) is 0 Å². The Kier molecular flexibility index (Phi) is 3.66. The standard InChI is InChI=1S/C13H11N3O2/c17-9-15-11-6-4-10(5-7-11)13(18)16-12-3-1-2-8-14-12/h1-9H,(H,15,17)(H,14,16,18). The number of nitrogens with one attached hydrogen (secondary N) is 2. The maximum Gasteiger partial charge on any atom is 0.256 e. The fourth-order valence-corrected chi connectivity index (χ4v) is 1.41. The van der Waals surface area contributed by atoms with Gasteiger partial charge < -0.3 is 10.6 Å². The molecule has 1 aromatic carbocycles. The lowest BCUT2D eigenvalue weighted by Crippen LogP contribution is -2.12. The molecule has 1 heterocycles. The third kappa shape index (κ3) is 2.91. The largest absolute Gasteiger partial charge is 0.329 e. The van der Waals surface area contributed by atoms with Crippen LogP contribution in [0.15, 0.2) is 48.7 Å². The molecule has 90 valence electrons. The second-order valence-corrected chi connectivity index (χ2v) is 3.51. The van der Waals surface area contributed by atoms with Gasteiger partial charge >= 0.3 is 0 Å². The van der Waals surface area contributed by atoms with E-state index in [9.17, 15) is 9.59 Å². The number of benzene rings is 1. The highest BCUT2D eigenvalue weighted by Gasteiger charge is 2.05. The van der Waals surface area contributed by atoms with Crippen LogP contribution in [-0.4, -0.2) is 17.3 Å². The summed E-state index contributed by atoms with van der Waals surface area (Å²) in [5.41, 5.74) is 1.14. The molecule has 0 unspecified atom stereocenters. The summed E-state index contributed by atoms with van der Waals surface area (Å²) < 4.78 is 0.